The number of carbonyl (C=O) groups is 1. The second-order valence-corrected chi connectivity index (χ2v) is 5.26. The van der Waals surface area contributed by atoms with E-state index in [9.17, 15) is 4.79 Å². The van der Waals surface area contributed by atoms with Gasteiger partial charge in [0.05, 0.1) is 11.1 Å². The van der Waals surface area contributed by atoms with Crippen LogP contribution in [-0.4, -0.2) is 11.5 Å². The molecule has 0 radical (unpaired) electrons. The number of fused-ring (bicyclic) bond motifs is 1. The zero-order valence-electron chi connectivity index (χ0n) is 11.6. The minimum absolute atomic E-state index is 0.0473. The molecule has 3 heteroatoms. The number of rotatable bonds is 4. The van der Waals surface area contributed by atoms with Crippen LogP contribution in [0.4, 0.5) is 0 Å². The molecule has 0 aliphatic carbocycles. The van der Waals surface area contributed by atoms with Crippen molar-refractivity contribution >= 4 is 29.2 Å². The highest BCUT2D eigenvalue weighted by molar-refractivity contribution is 7.81. The van der Waals surface area contributed by atoms with Crippen molar-refractivity contribution in [1.29, 1.82) is 0 Å². The molecule has 3 aromatic rings. The molecule has 1 heterocycles. The normalized spacial score (nSPS) is 10.7. The fourth-order valence-electron chi connectivity index (χ4n) is 2.55. The van der Waals surface area contributed by atoms with E-state index in [0.717, 1.165) is 16.5 Å². The third-order valence-electron chi connectivity index (χ3n) is 3.54. The summed E-state index contributed by atoms with van der Waals surface area (Å²) in [4.78, 5) is 12.3. The molecule has 0 aliphatic heterocycles. The number of hydrogen-bond acceptors (Lipinski definition) is 2. The van der Waals surface area contributed by atoms with Crippen LogP contribution in [0.3, 0.4) is 0 Å². The van der Waals surface area contributed by atoms with Crippen molar-refractivity contribution in [2.45, 2.75) is 6.54 Å². The summed E-state index contributed by atoms with van der Waals surface area (Å²) in [7, 11) is 0. The number of pyridine rings is 1. The number of thiol groups is 1. The summed E-state index contributed by atoms with van der Waals surface area (Å²) in [6, 6.07) is 20.2. The van der Waals surface area contributed by atoms with E-state index in [1.807, 2.05) is 59.3 Å². The Bertz CT molecular complexity index is 784. The summed E-state index contributed by atoms with van der Waals surface area (Å²) < 4.78 is 2.01. The van der Waals surface area contributed by atoms with Crippen molar-refractivity contribution in [3.63, 3.8) is 0 Å². The molecular weight excluding hydrogens is 278 g/mol. The maximum atomic E-state index is 12.3. The predicted molar refractivity (Wildman–Crippen MR) is 87.9 cm³/mol. The van der Waals surface area contributed by atoms with Gasteiger partial charge in [-0.1, -0.05) is 48.5 Å². The van der Waals surface area contributed by atoms with Gasteiger partial charge in [-0.3, -0.25) is 4.79 Å². The van der Waals surface area contributed by atoms with Crippen LogP contribution in [0.25, 0.3) is 10.8 Å². The van der Waals surface area contributed by atoms with Crippen LogP contribution < -0.4 is 4.57 Å². The summed E-state index contributed by atoms with van der Waals surface area (Å²) in [5.74, 6) is 0.258. The molecule has 2 nitrogen and oxygen atoms in total. The molecule has 0 unspecified atom stereocenters. The third kappa shape index (κ3) is 2.83. The molecule has 0 N–H and O–H groups in total. The van der Waals surface area contributed by atoms with Gasteiger partial charge in [0, 0.05) is 11.6 Å². The minimum Gasteiger partial charge on any atom is -0.286 e. The number of ketones is 1. The van der Waals surface area contributed by atoms with Crippen molar-refractivity contribution in [2.75, 3.05) is 5.75 Å². The number of nitrogens with zero attached hydrogens (tertiary/aromatic N) is 1. The van der Waals surface area contributed by atoms with Crippen LogP contribution in [0, 0.1) is 0 Å². The third-order valence-corrected chi connectivity index (χ3v) is 3.83. The quantitative estimate of drug-likeness (QED) is 0.445. The first-order valence-corrected chi connectivity index (χ1v) is 7.52. The highest BCUT2D eigenvalue weighted by Gasteiger charge is 2.21. The van der Waals surface area contributed by atoms with Gasteiger partial charge < -0.3 is 0 Å². The Morgan fingerprint density at radius 2 is 1.67 bits per heavy atom. The number of aromatic nitrogens is 1. The van der Waals surface area contributed by atoms with Gasteiger partial charge >= 0.3 is 0 Å². The Morgan fingerprint density at radius 3 is 2.43 bits per heavy atom. The van der Waals surface area contributed by atoms with Crippen molar-refractivity contribution in [1.82, 2.24) is 0 Å². The molecule has 0 fully saturated rings. The van der Waals surface area contributed by atoms with E-state index in [4.69, 9.17) is 0 Å². The van der Waals surface area contributed by atoms with E-state index in [0.29, 0.717) is 6.54 Å². The Kier molecular flexibility index (Phi) is 4.02. The van der Waals surface area contributed by atoms with Crippen molar-refractivity contribution < 1.29 is 9.36 Å². The predicted octanol–water partition coefficient (Wildman–Crippen LogP) is 3.29. The summed E-state index contributed by atoms with van der Waals surface area (Å²) in [6.07, 6.45) is 1.98. The van der Waals surface area contributed by atoms with Gasteiger partial charge in [-0.2, -0.15) is 17.2 Å². The van der Waals surface area contributed by atoms with Crippen LogP contribution in [0.5, 0.6) is 0 Å². The van der Waals surface area contributed by atoms with Gasteiger partial charge in [-0.15, -0.1) is 0 Å². The van der Waals surface area contributed by atoms with E-state index in [1.165, 1.54) is 5.56 Å². The molecule has 0 spiro atoms. The lowest BCUT2D eigenvalue weighted by atomic mass is 10.1. The summed E-state index contributed by atoms with van der Waals surface area (Å²) >= 11 is 4.16. The SMILES string of the molecule is O=C(CS)c1c2ccccc2cc[n+]1Cc1ccccc1. The lowest BCUT2D eigenvalue weighted by molar-refractivity contribution is -0.688. The van der Waals surface area contributed by atoms with Gasteiger partial charge in [-0.05, 0) is 11.5 Å². The maximum absolute atomic E-state index is 12.3. The monoisotopic (exact) mass is 294 g/mol. The van der Waals surface area contributed by atoms with Gasteiger partial charge in [0.15, 0.2) is 12.7 Å². The van der Waals surface area contributed by atoms with Crippen LogP contribution in [0.2, 0.25) is 0 Å². The maximum Gasteiger partial charge on any atom is 0.257 e. The molecule has 0 atom stereocenters. The van der Waals surface area contributed by atoms with Crippen LogP contribution in [-0.2, 0) is 6.54 Å². The van der Waals surface area contributed by atoms with Gasteiger partial charge in [0.2, 0.25) is 5.78 Å². The average Bonchev–Trinajstić information content (AvgIpc) is 2.55. The number of Topliss-reactive ketones (excluding diaryl/α,β-unsaturated/α-hetero) is 1. The lowest BCUT2D eigenvalue weighted by Crippen LogP contribution is -2.41. The van der Waals surface area contributed by atoms with Crippen LogP contribution in [0.1, 0.15) is 16.1 Å². The van der Waals surface area contributed by atoms with Gasteiger partial charge in [0.25, 0.3) is 5.69 Å². The summed E-state index contributed by atoms with van der Waals surface area (Å²) in [5, 5.41) is 2.06. The largest absolute Gasteiger partial charge is 0.286 e. The van der Waals surface area contributed by atoms with Crippen molar-refractivity contribution in [3.8, 4) is 0 Å². The molecule has 0 saturated heterocycles. The highest BCUT2D eigenvalue weighted by Crippen LogP contribution is 2.16. The van der Waals surface area contributed by atoms with E-state index in [2.05, 4.69) is 24.8 Å². The van der Waals surface area contributed by atoms with Crippen molar-refractivity contribution in [2.24, 2.45) is 0 Å². The van der Waals surface area contributed by atoms with Crippen LogP contribution in [0.15, 0.2) is 66.9 Å². The smallest absolute Gasteiger partial charge is 0.257 e. The zero-order chi connectivity index (χ0) is 14.7. The Labute approximate surface area is 129 Å². The fraction of sp³-hybridized carbons (Fsp3) is 0.111. The first kappa shape index (κ1) is 13.8. The van der Waals surface area contributed by atoms with E-state index in [1.54, 1.807) is 0 Å². The number of carbonyl (C=O) groups excluding carboxylic acids is 1. The lowest BCUT2D eigenvalue weighted by Gasteiger charge is -2.06. The standard InChI is InChI=1S/C18H15NOS/c20-17(13-21)18-16-9-5-4-8-15(16)10-11-19(18)12-14-6-2-1-3-7-14/h1-11H,12-13H2/p+1. The molecular formula is C18H16NOS+. The van der Waals surface area contributed by atoms with Crippen molar-refractivity contribution in [3.05, 3.63) is 78.1 Å². The Balaban J connectivity index is 2.15. The van der Waals surface area contributed by atoms with Gasteiger partial charge in [-0.25, -0.2) is 0 Å². The molecule has 104 valence electrons. The minimum atomic E-state index is 0.0473. The molecule has 0 amide bonds. The first-order chi connectivity index (χ1) is 10.3. The first-order valence-electron chi connectivity index (χ1n) is 6.89. The Morgan fingerprint density at radius 1 is 0.952 bits per heavy atom. The fourth-order valence-corrected chi connectivity index (χ4v) is 2.70. The molecule has 0 bridgehead atoms. The Hall–Kier alpha value is -2.13. The molecule has 2 aromatic carbocycles. The van der Waals surface area contributed by atoms with E-state index < -0.39 is 0 Å². The average molecular weight is 294 g/mol. The van der Waals surface area contributed by atoms with Crippen LogP contribution >= 0.6 is 12.6 Å². The summed E-state index contributed by atoms with van der Waals surface area (Å²) in [6.45, 7) is 0.681. The summed E-state index contributed by atoms with van der Waals surface area (Å²) in [5.41, 5.74) is 1.90. The highest BCUT2D eigenvalue weighted by atomic mass is 32.1. The van der Waals surface area contributed by atoms with Gasteiger partial charge in [0.1, 0.15) is 0 Å². The molecule has 21 heavy (non-hydrogen) atoms. The van der Waals surface area contributed by atoms with E-state index in [-0.39, 0.29) is 11.5 Å². The number of benzene rings is 2. The topological polar surface area (TPSA) is 20.9 Å². The number of hydrogen-bond donors (Lipinski definition) is 1. The molecule has 0 aliphatic rings. The van der Waals surface area contributed by atoms with E-state index >= 15 is 0 Å². The molecule has 0 saturated carbocycles. The molecule has 1 aromatic heterocycles. The zero-order valence-corrected chi connectivity index (χ0v) is 12.5. The second kappa shape index (κ2) is 6.10. The second-order valence-electron chi connectivity index (χ2n) is 4.95. The molecule has 3 rings (SSSR count).